The lowest BCUT2D eigenvalue weighted by molar-refractivity contribution is 0.0686. The Morgan fingerprint density at radius 2 is 1.85 bits per heavy atom. The second kappa shape index (κ2) is 7.50. The summed E-state index contributed by atoms with van der Waals surface area (Å²) >= 11 is 12.0. The number of amides is 1. The zero-order valence-electron chi connectivity index (χ0n) is 14.6. The molecule has 0 saturated carbocycles. The van der Waals surface area contributed by atoms with Crippen LogP contribution in [-0.4, -0.2) is 40.7 Å². The van der Waals surface area contributed by atoms with E-state index >= 15 is 0 Å². The standard InChI is InChI=1S/C19H16Cl2N2O4/c1-22(2)19(26)27-17-5-3-4-15-12(17)9-16(18(24)25)23(15)10-11-6-7-13(20)14(21)8-11/h3-9H,10H2,1-2H3,(H,24,25). The number of nitrogens with zero attached hydrogens (tertiary/aromatic N) is 2. The van der Waals surface area contributed by atoms with E-state index < -0.39 is 12.1 Å². The van der Waals surface area contributed by atoms with Gasteiger partial charge >= 0.3 is 12.1 Å². The fourth-order valence-corrected chi connectivity index (χ4v) is 3.02. The summed E-state index contributed by atoms with van der Waals surface area (Å²) in [7, 11) is 3.14. The van der Waals surface area contributed by atoms with Crippen molar-refractivity contribution in [1.29, 1.82) is 0 Å². The van der Waals surface area contributed by atoms with Gasteiger partial charge in [0.25, 0.3) is 0 Å². The molecule has 140 valence electrons. The molecule has 0 fully saturated rings. The maximum Gasteiger partial charge on any atom is 0.414 e. The van der Waals surface area contributed by atoms with Crippen molar-refractivity contribution in [2.24, 2.45) is 0 Å². The number of ether oxygens (including phenoxy) is 1. The summed E-state index contributed by atoms with van der Waals surface area (Å²) in [5.74, 6) is -0.794. The summed E-state index contributed by atoms with van der Waals surface area (Å²) in [6.45, 7) is 0.271. The summed E-state index contributed by atoms with van der Waals surface area (Å²) in [6, 6.07) is 11.7. The topological polar surface area (TPSA) is 71.8 Å². The normalized spacial score (nSPS) is 10.8. The molecule has 0 aliphatic heterocycles. The summed E-state index contributed by atoms with van der Waals surface area (Å²) in [4.78, 5) is 25.0. The highest BCUT2D eigenvalue weighted by molar-refractivity contribution is 6.42. The lowest BCUT2D eigenvalue weighted by Gasteiger charge is -2.12. The Morgan fingerprint density at radius 1 is 1.11 bits per heavy atom. The van der Waals surface area contributed by atoms with Crippen LogP contribution in [0.3, 0.4) is 0 Å². The van der Waals surface area contributed by atoms with Crippen molar-refractivity contribution in [2.45, 2.75) is 6.54 Å². The lowest BCUT2D eigenvalue weighted by Crippen LogP contribution is -2.25. The highest BCUT2D eigenvalue weighted by atomic mass is 35.5. The smallest absolute Gasteiger partial charge is 0.414 e. The summed E-state index contributed by atoms with van der Waals surface area (Å²) in [5.41, 5.74) is 1.49. The van der Waals surface area contributed by atoms with E-state index in [-0.39, 0.29) is 12.2 Å². The highest BCUT2D eigenvalue weighted by Gasteiger charge is 2.19. The molecular weight excluding hydrogens is 391 g/mol. The van der Waals surface area contributed by atoms with Crippen molar-refractivity contribution in [3.05, 3.63) is 63.8 Å². The molecule has 6 nitrogen and oxygen atoms in total. The number of carbonyl (C=O) groups excluding carboxylic acids is 1. The van der Waals surface area contributed by atoms with Gasteiger partial charge in [-0.25, -0.2) is 9.59 Å². The number of hydrogen-bond acceptors (Lipinski definition) is 3. The molecule has 3 aromatic rings. The molecule has 8 heteroatoms. The summed E-state index contributed by atoms with van der Waals surface area (Å²) in [5, 5.41) is 11.0. The van der Waals surface area contributed by atoms with Crippen LogP contribution in [0.25, 0.3) is 10.9 Å². The minimum absolute atomic E-state index is 0.0735. The van der Waals surface area contributed by atoms with Crippen LogP contribution in [0.2, 0.25) is 10.0 Å². The van der Waals surface area contributed by atoms with Crippen LogP contribution in [0.5, 0.6) is 5.75 Å². The van der Waals surface area contributed by atoms with Crippen LogP contribution < -0.4 is 4.74 Å². The maximum absolute atomic E-state index is 11.9. The van der Waals surface area contributed by atoms with Crippen molar-refractivity contribution in [2.75, 3.05) is 14.1 Å². The third kappa shape index (κ3) is 3.86. The van der Waals surface area contributed by atoms with Crippen LogP contribution in [-0.2, 0) is 6.54 Å². The fraction of sp³-hybridized carbons (Fsp3) is 0.158. The van der Waals surface area contributed by atoms with E-state index in [2.05, 4.69) is 0 Å². The molecule has 0 spiro atoms. The SMILES string of the molecule is CN(C)C(=O)Oc1cccc2c1cc(C(=O)O)n2Cc1ccc(Cl)c(Cl)c1. The van der Waals surface area contributed by atoms with E-state index in [1.807, 2.05) is 0 Å². The molecule has 2 aromatic carbocycles. The Morgan fingerprint density at radius 3 is 2.48 bits per heavy atom. The van der Waals surface area contributed by atoms with E-state index in [0.29, 0.717) is 26.7 Å². The molecule has 0 aliphatic rings. The molecule has 3 rings (SSSR count). The Balaban J connectivity index is 2.10. The van der Waals surface area contributed by atoms with Crippen molar-refractivity contribution < 1.29 is 19.4 Å². The van der Waals surface area contributed by atoms with Gasteiger partial charge in [-0.15, -0.1) is 0 Å². The predicted molar refractivity (Wildman–Crippen MR) is 104 cm³/mol. The molecule has 0 bridgehead atoms. The average Bonchev–Trinajstić information content (AvgIpc) is 2.98. The van der Waals surface area contributed by atoms with Crippen LogP contribution in [0.15, 0.2) is 42.5 Å². The minimum Gasteiger partial charge on any atom is -0.477 e. The molecule has 0 unspecified atom stereocenters. The van der Waals surface area contributed by atoms with E-state index in [1.165, 1.54) is 11.0 Å². The first kappa shape index (κ1) is 19.1. The number of aromatic carboxylic acids is 1. The molecule has 1 aromatic heterocycles. The number of fused-ring (bicyclic) bond motifs is 1. The second-order valence-electron chi connectivity index (χ2n) is 6.12. The number of carbonyl (C=O) groups is 2. The zero-order valence-corrected chi connectivity index (χ0v) is 16.1. The van der Waals surface area contributed by atoms with Gasteiger partial charge in [-0.3, -0.25) is 0 Å². The first-order valence-corrected chi connectivity index (χ1v) is 8.72. The Labute approximate surface area is 165 Å². The van der Waals surface area contributed by atoms with Crippen LogP contribution in [0.1, 0.15) is 16.1 Å². The van der Waals surface area contributed by atoms with E-state index in [1.54, 1.807) is 55.1 Å². The third-order valence-corrected chi connectivity index (χ3v) is 4.75. The average molecular weight is 407 g/mol. The molecule has 1 heterocycles. The van der Waals surface area contributed by atoms with Gasteiger partial charge in [0.1, 0.15) is 11.4 Å². The van der Waals surface area contributed by atoms with Crippen molar-refractivity contribution in [3.63, 3.8) is 0 Å². The molecule has 0 aliphatic carbocycles. The Kier molecular flexibility index (Phi) is 5.30. The van der Waals surface area contributed by atoms with E-state index in [0.717, 1.165) is 5.56 Å². The highest BCUT2D eigenvalue weighted by Crippen LogP contribution is 2.31. The fourth-order valence-electron chi connectivity index (χ4n) is 2.70. The molecule has 1 amide bonds. The van der Waals surface area contributed by atoms with Crippen LogP contribution in [0, 0.1) is 0 Å². The summed E-state index contributed by atoms with van der Waals surface area (Å²) in [6.07, 6.45) is -0.545. The van der Waals surface area contributed by atoms with Gasteiger partial charge < -0.3 is 19.3 Å². The molecule has 1 N–H and O–H groups in total. The Bertz CT molecular complexity index is 1040. The van der Waals surface area contributed by atoms with Gasteiger partial charge in [0.15, 0.2) is 0 Å². The lowest BCUT2D eigenvalue weighted by atomic mass is 10.2. The summed E-state index contributed by atoms with van der Waals surface area (Å²) < 4.78 is 6.99. The molecule has 0 radical (unpaired) electrons. The van der Waals surface area contributed by atoms with Crippen molar-refractivity contribution in [3.8, 4) is 5.75 Å². The first-order chi connectivity index (χ1) is 12.8. The van der Waals surface area contributed by atoms with Crippen LogP contribution >= 0.6 is 23.2 Å². The zero-order chi connectivity index (χ0) is 19.7. The maximum atomic E-state index is 11.9. The predicted octanol–water partition coefficient (Wildman–Crippen LogP) is 4.76. The molecule has 0 saturated heterocycles. The monoisotopic (exact) mass is 406 g/mol. The Hall–Kier alpha value is -2.70. The van der Waals surface area contributed by atoms with Gasteiger partial charge in [0.2, 0.25) is 0 Å². The van der Waals surface area contributed by atoms with Gasteiger partial charge in [-0.2, -0.15) is 0 Å². The van der Waals surface area contributed by atoms with Gasteiger partial charge in [-0.1, -0.05) is 35.3 Å². The van der Waals surface area contributed by atoms with Gasteiger partial charge in [0, 0.05) is 26.0 Å². The van der Waals surface area contributed by atoms with E-state index in [4.69, 9.17) is 27.9 Å². The first-order valence-electron chi connectivity index (χ1n) is 7.96. The molecule has 0 atom stereocenters. The quantitative estimate of drug-likeness (QED) is 0.677. The van der Waals surface area contributed by atoms with Crippen LogP contribution in [0.4, 0.5) is 4.79 Å². The van der Waals surface area contributed by atoms with Crippen molar-refractivity contribution >= 4 is 46.2 Å². The van der Waals surface area contributed by atoms with Gasteiger partial charge in [0.05, 0.1) is 15.6 Å². The molecular formula is C19H16Cl2N2O4. The number of hydrogen-bond donors (Lipinski definition) is 1. The number of rotatable bonds is 4. The number of aromatic nitrogens is 1. The van der Waals surface area contributed by atoms with Crippen molar-refractivity contribution in [1.82, 2.24) is 9.47 Å². The van der Waals surface area contributed by atoms with Gasteiger partial charge in [-0.05, 0) is 35.9 Å². The number of carboxylic acids is 1. The third-order valence-electron chi connectivity index (χ3n) is 4.01. The number of benzene rings is 2. The number of halogens is 2. The number of carboxylic acid groups (broad SMARTS) is 1. The largest absolute Gasteiger partial charge is 0.477 e. The van der Waals surface area contributed by atoms with E-state index in [9.17, 15) is 14.7 Å². The second-order valence-corrected chi connectivity index (χ2v) is 6.94. The molecule has 27 heavy (non-hydrogen) atoms. The minimum atomic E-state index is -1.09.